The van der Waals surface area contributed by atoms with Crippen LogP contribution in [0.1, 0.15) is 64.7 Å². The number of hydrogen-bond acceptors (Lipinski definition) is 4. The van der Waals surface area contributed by atoms with Gasteiger partial charge in [-0.2, -0.15) is 0 Å². The van der Waals surface area contributed by atoms with Crippen molar-refractivity contribution in [3.05, 3.63) is 24.3 Å². The molecule has 0 aromatic rings. The van der Waals surface area contributed by atoms with Gasteiger partial charge >= 0.3 is 5.97 Å². The summed E-state index contributed by atoms with van der Waals surface area (Å²) in [4.78, 5) is 22.5. The van der Waals surface area contributed by atoms with E-state index in [2.05, 4.69) is 6.92 Å². The largest absolute Gasteiger partial charge is 0.481 e. The molecule has 1 aliphatic rings. The third-order valence-electron chi connectivity index (χ3n) is 4.71. The lowest BCUT2D eigenvalue weighted by Gasteiger charge is -2.16. The minimum atomic E-state index is -0.801. The first-order valence-electron chi connectivity index (χ1n) is 9.39. The number of carboxylic acid groups (broad SMARTS) is 1. The van der Waals surface area contributed by atoms with E-state index in [4.69, 9.17) is 5.11 Å². The maximum atomic E-state index is 12.1. The number of rotatable bonds is 12. The van der Waals surface area contributed by atoms with Gasteiger partial charge in [0.05, 0.1) is 12.2 Å². The fourth-order valence-electron chi connectivity index (χ4n) is 3.22. The van der Waals surface area contributed by atoms with E-state index in [9.17, 15) is 19.8 Å². The monoisotopic (exact) mass is 352 g/mol. The van der Waals surface area contributed by atoms with Gasteiger partial charge < -0.3 is 15.3 Å². The third kappa shape index (κ3) is 8.45. The van der Waals surface area contributed by atoms with E-state index in [1.807, 2.05) is 12.2 Å². The minimum Gasteiger partial charge on any atom is -0.481 e. The van der Waals surface area contributed by atoms with Crippen LogP contribution in [0.2, 0.25) is 0 Å². The van der Waals surface area contributed by atoms with Crippen LogP contribution in [-0.4, -0.2) is 39.3 Å². The standard InChI is InChI=1S/C20H32O5/c1-2-3-6-9-15(21)12-13-17-16(18(22)14-19(17)23)10-7-4-5-8-11-20(24)25/h4,7,12-13,15-17,19,21,23H,2-3,5-6,8-11,14H2,1H3,(H,24,25)/b7-4?,13-12+/t15?,16-,17-,19-/m1/s1. The Morgan fingerprint density at radius 2 is 2.04 bits per heavy atom. The van der Waals surface area contributed by atoms with E-state index in [0.29, 0.717) is 25.7 Å². The molecule has 1 fully saturated rings. The number of aliphatic hydroxyl groups excluding tert-OH is 2. The Kier molecular flexibility index (Phi) is 10.3. The van der Waals surface area contributed by atoms with Crippen molar-refractivity contribution >= 4 is 11.8 Å². The average molecular weight is 352 g/mol. The van der Waals surface area contributed by atoms with Crippen molar-refractivity contribution in [2.75, 3.05) is 0 Å². The van der Waals surface area contributed by atoms with Gasteiger partial charge in [-0.3, -0.25) is 9.59 Å². The Morgan fingerprint density at radius 3 is 2.72 bits per heavy atom. The summed E-state index contributed by atoms with van der Waals surface area (Å²) in [5, 5.41) is 28.7. The Morgan fingerprint density at radius 1 is 1.28 bits per heavy atom. The predicted octanol–water partition coefficient (Wildman–Crippen LogP) is 3.25. The topological polar surface area (TPSA) is 94.8 Å². The Hall–Kier alpha value is -1.46. The molecule has 0 heterocycles. The number of carbonyl (C=O) groups excluding carboxylic acids is 1. The lowest BCUT2D eigenvalue weighted by atomic mass is 9.90. The van der Waals surface area contributed by atoms with E-state index in [-0.39, 0.29) is 30.5 Å². The first-order valence-corrected chi connectivity index (χ1v) is 9.39. The molecule has 3 N–H and O–H groups in total. The summed E-state index contributed by atoms with van der Waals surface area (Å²) in [6, 6.07) is 0. The molecule has 1 aliphatic carbocycles. The quantitative estimate of drug-likeness (QED) is 0.370. The zero-order chi connectivity index (χ0) is 18.7. The van der Waals surface area contributed by atoms with E-state index in [1.165, 1.54) is 0 Å². The molecule has 5 nitrogen and oxygen atoms in total. The van der Waals surface area contributed by atoms with Gasteiger partial charge in [-0.05, 0) is 25.7 Å². The van der Waals surface area contributed by atoms with Crippen molar-refractivity contribution in [1.29, 1.82) is 0 Å². The van der Waals surface area contributed by atoms with Crippen molar-refractivity contribution in [2.45, 2.75) is 76.9 Å². The second-order valence-corrected chi connectivity index (χ2v) is 6.86. The van der Waals surface area contributed by atoms with Gasteiger partial charge in [-0.1, -0.05) is 50.5 Å². The highest BCUT2D eigenvalue weighted by atomic mass is 16.4. The molecule has 1 unspecified atom stereocenters. The van der Waals surface area contributed by atoms with Crippen LogP contribution in [0.25, 0.3) is 0 Å². The molecule has 5 heteroatoms. The second kappa shape index (κ2) is 12.0. The Bertz CT molecular complexity index is 469. The molecule has 142 valence electrons. The SMILES string of the molecule is CCCCCC(O)/C=C/[C@H]1[C@H](O)CC(=O)[C@@H]1CC=CCCCC(=O)O. The van der Waals surface area contributed by atoms with E-state index >= 15 is 0 Å². The van der Waals surface area contributed by atoms with Crippen LogP contribution in [0, 0.1) is 11.8 Å². The number of carboxylic acids is 1. The van der Waals surface area contributed by atoms with Crippen molar-refractivity contribution in [1.82, 2.24) is 0 Å². The van der Waals surface area contributed by atoms with E-state index in [1.54, 1.807) is 12.2 Å². The van der Waals surface area contributed by atoms with Crippen LogP contribution in [-0.2, 0) is 9.59 Å². The minimum absolute atomic E-state index is 0.0535. The summed E-state index contributed by atoms with van der Waals surface area (Å²) in [6.07, 6.45) is 12.1. The zero-order valence-electron chi connectivity index (χ0n) is 15.1. The number of unbranched alkanes of at least 4 members (excludes halogenated alkanes) is 3. The van der Waals surface area contributed by atoms with Crippen LogP contribution in [0.3, 0.4) is 0 Å². The highest BCUT2D eigenvalue weighted by Gasteiger charge is 2.39. The summed E-state index contributed by atoms with van der Waals surface area (Å²) in [5.74, 6) is -1.26. The number of hydrogen-bond donors (Lipinski definition) is 3. The van der Waals surface area contributed by atoms with Gasteiger partial charge in [0.15, 0.2) is 0 Å². The molecule has 0 spiro atoms. The lowest BCUT2D eigenvalue weighted by molar-refractivity contribution is -0.137. The smallest absolute Gasteiger partial charge is 0.303 e. The lowest BCUT2D eigenvalue weighted by Crippen LogP contribution is -2.18. The van der Waals surface area contributed by atoms with Gasteiger partial charge in [0.25, 0.3) is 0 Å². The van der Waals surface area contributed by atoms with Crippen LogP contribution >= 0.6 is 0 Å². The van der Waals surface area contributed by atoms with Crippen molar-refractivity contribution in [3.63, 3.8) is 0 Å². The molecule has 0 saturated heterocycles. The van der Waals surface area contributed by atoms with Gasteiger partial charge in [0.2, 0.25) is 0 Å². The van der Waals surface area contributed by atoms with Gasteiger partial charge in [0.1, 0.15) is 5.78 Å². The normalized spacial score (nSPS) is 25.2. The highest BCUT2D eigenvalue weighted by molar-refractivity contribution is 5.84. The Balaban J connectivity index is 2.48. The molecule has 4 atom stereocenters. The molecule has 25 heavy (non-hydrogen) atoms. The number of aliphatic hydroxyl groups is 2. The fourth-order valence-corrected chi connectivity index (χ4v) is 3.22. The van der Waals surface area contributed by atoms with E-state index in [0.717, 1.165) is 19.3 Å². The Labute approximate surface area is 150 Å². The molecule has 0 radical (unpaired) electrons. The number of aliphatic carboxylic acids is 1. The summed E-state index contributed by atoms with van der Waals surface area (Å²) >= 11 is 0. The molecule has 0 aromatic heterocycles. The number of Topliss-reactive ketones (excluding diaryl/α,β-unsaturated/α-hetero) is 1. The summed E-state index contributed by atoms with van der Waals surface area (Å²) in [5.41, 5.74) is 0. The number of ketones is 1. The number of allylic oxidation sites excluding steroid dienone is 2. The maximum Gasteiger partial charge on any atom is 0.303 e. The second-order valence-electron chi connectivity index (χ2n) is 6.86. The summed E-state index contributed by atoms with van der Waals surface area (Å²) in [6.45, 7) is 2.11. The van der Waals surface area contributed by atoms with Crippen molar-refractivity contribution in [2.24, 2.45) is 11.8 Å². The van der Waals surface area contributed by atoms with Gasteiger partial charge in [0, 0.05) is 24.7 Å². The highest BCUT2D eigenvalue weighted by Crippen LogP contribution is 2.33. The van der Waals surface area contributed by atoms with E-state index < -0.39 is 18.2 Å². The van der Waals surface area contributed by atoms with Crippen LogP contribution in [0.5, 0.6) is 0 Å². The van der Waals surface area contributed by atoms with Gasteiger partial charge in [-0.25, -0.2) is 0 Å². The van der Waals surface area contributed by atoms with Crippen molar-refractivity contribution < 1.29 is 24.9 Å². The van der Waals surface area contributed by atoms with Crippen LogP contribution in [0.4, 0.5) is 0 Å². The molecular formula is C20H32O5. The molecule has 0 aliphatic heterocycles. The third-order valence-corrected chi connectivity index (χ3v) is 4.71. The van der Waals surface area contributed by atoms with Gasteiger partial charge in [-0.15, -0.1) is 0 Å². The van der Waals surface area contributed by atoms with Crippen molar-refractivity contribution in [3.8, 4) is 0 Å². The first kappa shape index (κ1) is 21.6. The summed E-state index contributed by atoms with van der Waals surface area (Å²) < 4.78 is 0. The molecule has 0 bridgehead atoms. The average Bonchev–Trinajstić information content (AvgIpc) is 2.82. The summed E-state index contributed by atoms with van der Waals surface area (Å²) in [7, 11) is 0. The molecule has 1 rings (SSSR count). The first-order chi connectivity index (χ1) is 12.0. The predicted molar refractivity (Wildman–Crippen MR) is 97.1 cm³/mol. The van der Waals surface area contributed by atoms with Crippen LogP contribution in [0.15, 0.2) is 24.3 Å². The molecule has 0 amide bonds. The molecule has 0 aromatic carbocycles. The maximum absolute atomic E-state index is 12.1. The molecule has 1 saturated carbocycles. The zero-order valence-corrected chi connectivity index (χ0v) is 15.1. The van der Waals surface area contributed by atoms with Crippen LogP contribution < -0.4 is 0 Å². The fraction of sp³-hybridized carbons (Fsp3) is 0.700. The number of carbonyl (C=O) groups is 2. The molecular weight excluding hydrogens is 320 g/mol.